The standard InChI is InChI=1S/C28H35N5O7S/c1-18-24(27(35)36)30-33(28(2,3)4)26(18)40-22-12-11-19(29-25(34)20-9-7-8-10-21(20)39-6)17-23(22)41(37,38)32-15-13-31(5)14-16-32/h7-12,17H,13-16H2,1-6H3,(H,29,34)(H,35,36). The molecule has 1 amide bonds. The molecule has 1 fully saturated rings. The Morgan fingerprint density at radius 2 is 1.68 bits per heavy atom. The minimum absolute atomic E-state index is 0.0235. The van der Waals surface area contributed by atoms with Crippen LogP contribution in [0.15, 0.2) is 47.4 Å². The number of methoxy groups -OCH3 is 1. The predicted octanol–water partition coefficient (Wildman–Crippen LogP) is 3.63. The average molecular weight is 586 g/mol. The number of sulfonamides is 1. The third-order valence-corrected chi connectivity index (χ3v) is 8.67. The van der Waals surface area contributed by atoms with Crippen LogP contribution in [0.25, 0.3) is 0 Å². The van der Waals surface area contributed by atoms with Gasteiger partial charge < -0.3 is 24.8 Å². The zero-order valence-electron chi connectivity index (χ0n) is 24.0. The summed E-state index contributed by atoms with van der Waals surface area (Å²) in [6, 6.07) is 11.0. The number of piperazine rings is 1. The maximum absolute atomic E-state index is 14.0. The number of ether oxygens (including phenoxy) is 2. The number of rotatable bonds is 8. The zero-order valence-corrected chi connectivity index (χ0v) is 24.8. The van der Waals surface area contributed by atoms with E-state index < -0.39 is 27.4 Å². The van der Waals surface area contributed by atoms with Crippen molar-refractivity contribution in [3.8, 4) is 17.4 Å². The Hall–Kier alpha value is -3.94. The second-order valence-electron chi connectivity index (χ2n) is 10.8. The van der Waals surface area contributed by atoms with Crippen LogP contribution in [0.2, 0.25) is 0 Å². The number of likely N-dealkylation sites (N-methyl/N-ethyl adjacent to an activating group) is 1. The van der Waals surface area contributed by atoms with Gasteiger partial charge in [0.2, 0.25) is 15.9 Å². The number of nitrogens with one attached hydrogen (secondary N) is 1. The Morgan fingerprint density at radius 1 is 1.02 bits per heavy atom. The Morgan fingerprint density at radius 3 is 2.29 bits per heavy atom. The number of carboxylic acid groups (broad SMARTS) is 1. The van der Waals surface area contributed by atoms with Crippen LogP contribution in [0, 0.1) is 6.92 Å². The quantitative estimate of drug-likeness (QED) is 0.405. The lowest BCUT2D eigenvalue weighted by atomic mass is 10.1. The van der Waals surface area contributed by atoms with Crippen LogP contribution in [0.3, 0.4) is 0 Å². The fraction of sp³-hybridized carbons (Fsp3) is 0.393. The number of nitrogens with zero attached hydrogens (tertiary/aromatic N) is 4. The van der Waals surface area contributed by atoms with E-state index in [0.717, 1.165) is 0 Å². The summed E-state index contributed by atoms with van der Waals surface area (Å²) < 4.78 is 42.2. The van der Waals surface area contributed by atoms with Gasteiger partial charge in [0, 0.05) is 37.4 Å². The molecule has 3 aromatic rings. The lowest BCUT2D eigenvalue weighted by Gasteiger charge is -2.32. The first kappa shape index (κ1) is 30.0. The topological polar surface area (TPSA) is 143 Å². The molecule has 1 aliphatic rings. The molecule has 4 rings (SSSR count). The van der Waals surface area contributed by atoms with Gasteiger partial charge in [0.05, 0.1) is 18.2 Å². The number of carbonyl (C=O) groups is 2. The third kappa shape index (κ3) is 6.21. The highest BCUT2D eigenvalue weighted by Crippen LogP contribution is 2.37. The number of aromatic carboxylic acids is 1. The molecular weight excluding hydrogens is 550 g/mol. The lowest BCUT2D eigenvalue weighted by molar-refractivity contribution is 0.0687. The van der Waals surface area contributed by atoms with Gasteiger partial charge in [-0.15, -0.1) is 0 Å². The summed E-state index contributed by atoms with van der Waals surface area (Å²) >= 11 is 0. The van der Waals surface area contributed by atoms with E-state index in [-0.39, 0.29) is 52.1 Å². The fourth-order valence-corrected chi connectivity index (χ4v) is 5.99. The Labute approximate surface area is 239 Å². The summed E-state index contributed by atoms with van der Waals surface area (Å²) in [4.78, 5) is 26.8. The number of hydrogen-bond acceptors (Lipinski definition) is 8. The summed E-state index contributed by atoms with van der Waals surface area (Å²) in [5, 5.41) is 16.7. The van der Waals surface area contributed by atoms with Gasteiger partial charge in [0.15, 0.2) is 5.69 Å². The molecule has 0 aliphatic carbocycles. The van der Waals surface area contributed by atoms with E-state index in [0.29, 0.717) is 18.8 Å². The number of para-hydroxylation sites is 1. The number of carbonyl (C=O) groups excluding carboxylic acids is 1. The van der Waals surface area contributed by atoms with E-state index in [4.69, 9.17) is 9.47 Å². The number of anilines is 1. The molecule has 0 spiro atoms. The van der Waals surface area contributed by atoms with Crippen LogP contribution in [-0.4, -0.2) is 84.7 Å². The van der Waals surface area contributed by atoms with Crippen LogP contribution in [0.1, 0.15) is 47.2 Å². The van der Waals surface area contributed by atoms with Gasteiger partial charge in [-0.3, -0.25) is 4.79 Å². The maximum Gasteiger partial charge on any atom is 0.356 e. The number of amides is 1. The van der Waals surface area contributed by atoms with E-state index in [1.165, 1.54) is 34.3 Å². The Bertz CT molecular complexity index is 1570. The molecule has 0 bridgehead atoms. The molecule has 2 aromatic carbocycles. The molecule has 2 heterocycles. The normalized spacial score (nSPS) is 15.0. The van der Waals surface area contributed by atoms with Crippen molar-refractivity contribution in [1.29, 1.82) is 0 Å². The zero-order chi connectivity index (χ0) is 30.1. The van der Waals surface area contributed by atoms with E-state index >= 15 is 0 Å². The molecule has 0 atom stereocenters. The van der Waals surface area contributed by atoms with Crippen molar-refractivity contribution < 1.29 is 32.6 Å². The number of carboxylic acids is 1. The van der Waals surface area contributed by atoms with Crippen molar-refractivity contribution >= 4 is 27.6 Å². The molecule has 0 saturated carbocycles. The molecule has 41 heavy (non-hydrogen) atoms. The van der Waals surface area contributed by atoms with Gasteiger partial charge in [-0.1, -0.05) is 12.1 Å². The van der Waals surface area contributed by atoms with Gasteiger partial charge in [0.25, 0.3) is 5.91 Å². The summed E-state index contributed by atoms with van der Waals surface area (Å²) in [5.41, 5.74) is -0.103. The molecular formula is C28H35N5O7S. The molecule has 1 saturated heterocycles. The lowest BCUT2D eigenvalue weighted by Crippen LogP contribution is -2.47. The highest BCUT2D eigenvalue weighted by Gasteiger charge is 2.33. The third-order valence-electron chi connectivity index (χ3n) is 6.75. The van der Waals surface area contributed by atoms with Crippen LogP contribution >= 0.6 is 0 Å². The van der Waals surface area contributed by atoms with Crippen molar-refractivity contribution in [2.24, 2.45) is 0 Å². The summed E-state index contributed by atoms with van der Waals surface area (Å²) in [6.07, 6.45) is 0. The van der Waals surface area contributed by atoms with Gasteiger partial charge in [-0.25, -0.2) is 17.9 Å². The summed E-state index contributed by atoms with van der Waals surface area (Å²) in [5.74, 6) is -1.25. The molecule has 1 aromatic heterocycles. The van der Waals surface area contributed by atoms with E-state index in [1.54, 1.807) is 31.2 Å². The van der Waals surface area contributed by atoms with Crippen molar-refractivity contribution in [2.45, 2.75) is 38.1 Å². The van der Waals surface area contributed by atoms with Gasteiger partial charge in [-0.2, -0.15) is 9.40 Å². The number of benzene rings is 2. The fourth-order valence-electron chi connectivity index (χ4n) is 4.43. The Balaban J connectivity index is 1.80. The van der Waals surface area contributed by atoms with Gasteiger partial charge in [-0.05, 0) is 65.1 Å². The Kier molecular flexibility index (Phi) is 8.43. The summed E-state index contributed by atoms with van der Waals surface area (Å²) in [7, 11) is -0.706. The van der Waals surface area contributed by atoms with Crippen molar-refractivity contribution in [1.82, 2.24) is 19.0 Å². The molecule has 13 heteroatoms. The average Bonchev–Trinajstić information content (AvgIpc) is 3.26. The molecule has 12 nitrogen and oxygen atoms in total. The second kappa shape index (κ2) is 11.5. The summed E-state index contributed by atoms with van der Waals surface area (Å²) in [6.45, 7) is 8.71. The minimum Gasteiger partial charge on any atom is -0.496 e. The van der Waals surface area contributed by atoms with Crippen LogP contribution in [-0.2, 0) is 15.6 Å². The van der Waals surface area contributed by atoms with Gasteiger partial charge >= 0.3 is 5.97 Å². The first-order chi connectivity index (χ1) is 19.2. The SMILES string of the molecule is COc1ccccc1C(=O)Nc1ccc(Oc2c(C)c(C(=O)O)nn2C(C)(C)C)c(S(=O)(=O)N2CCN(C)CC2)c1. The van der Waals surface area contributed by atoms with Crippen LogP contribution in [0.5, 0.6) is 17.4 Å². The highest BCUT2D eigenvalue weighted by atomic mass is 32.2. The maximum atomic E-state index is 14.0. The largest absolute Gasteiger partial charge is 0.496 e. The van der Waals surface area contributed by atoms with Crippen LogP contribution < -0.4 is 14.8 Å². The van der Waals surface area contributed by atoms with Crippen LogP contribution in [0.4, 0.5) is 5.69 Å². The molecule has 220 valence electrons. The second-order valence-corrected chi connectivity index (χ2v) is 12.7. The van der Waals surface area contributed by atoms with Crippen molar-refractivity contribution in [3.05, 3.63) is 59.3 Å². The first-order valence-corrected chi connectivity index (χ1v) is 14.5. The first-order valence-electron chi connectivity index (χ1n) is 13.0. The van der Waals surface area contributed by atoms with Crippen molar-refractivity contribution in [2.75, 3.05) is 45.7 Å². The minimum atomic E-state index is -4.08. The molecule has 1 aliphatic heterocycles. The molecule has 0 radical (unpaired) electrons. The van der Waals surface area contributed by atoms with Gasteiger partial charge in [0.1, 0.15) is 16.4 Å². The highest BCUT2D eigenvalue weighted by molar-refractivity contribution is 7.89. The predicted molar refractivity (Wildman–Crippen MR) is 153 cm³/mol. The molecule has 2 N–H and O–H groups in total. The number of aromatic nitrogens is 2. The van der Waals surface area contributed by atoms with E-state index in [1.807, 2.05) is 32.7 Å². The number of hydrogen-bond donors (Lipinski definition) is 2. The van der Waals surface area contributed by atoms with E-state index in [9.17, 15) is 23.1 Å². The monoisotopic (exact) mass is 585 g/mol. The smallest absolute Gasteiger partial charge is 0.356 e. The molecule has 0 unspecified atom stereocenters. The van der Waals surface area contributed by atoms with E-state index in [2.05, 4.69) is 10.4 Å². The van der Waals surface area contributed by atoms with Crippen molar-refractivity contribution in [3.63, 3.8) is 0 Å².